The number of aliphatic hydroxyl groups excluding tert-OH is 1. The average Bonchev–Trinajstić information content (AvgIpc) is 3.03. The Balaban J connectivity index is 2.11. The van der Waals surface area contributed by atoms with Crippen molar-refractivity contribution in [3.63, 3.8) is 0 Å². The van der Waals surface area contributed by atoms with Crippen LogP contribution in [0.3, 0.4) is 0 Å². The van der Waals surface area contributed by atoms with Crippen LogP contribution in [-0.2, 0) is 9.59 Å². The summed E-state index contributed by atoms with van der Waals surface area (Å²) < 4.78 is 11.5. The number of carbonyl (C=O) groups is 2. The van der Waals surface area contributed by atoms with Gasteiger partial charge in [-0.2, -0.15) is 0 Å². The van der Waals surface area contributed by atoms with Gasteiger partial charge in [0.1, 0.15) is 5.76 Å². The zero-order valence-electron chi connectivity index (χ0n) is 18.6. The summed E-state index contributed by atoms with van der Waals surface area (Å²) in [6.07, 6.45) is 0.698. The number of nitrogens with zero attached hydrogens (tertiary/aromatic N) is 2. The molecule has 1 N–H and O–H groups in total. The lowest BCUT2D eigenvalue weighted by molar-refractivity contribution is -0.139. The monoisotopic (exact) mass is 502 g/mol. The van der Waals surface area contributed by atoms with Gasteiger partial charge in [0.05, 0.1) is 25.8 Å². The molecule has 7 nitrogen and oxygen atoms in total. The lowest BCUT2D eigenvalue weighted by Crippen LogP contribution is -2.32. The molecule has 1 saturated heterocycles. The summed E-state index contributed by atoms with van der Waals surface area (Å²) in [6, 6.07) is 11.6. The second-order valence-corrected chi connectivity index (χ2v) is 8.69. The Hall–Kier alpha value is -2.84. The molecule has 32 heavy (non-hydrogen) atoms. The number of aliphatic hydroxyl groups is 1. The van der Waals surface area contributed by atoms with E-state index < -0.39 is 17.7 Å². The van der Waals surface area contributed by atoms with Crippen molar-refractivity contribution in [3.05, 3.63) is 63.6 Å². The fraction of sp³-hybridized carbons (Fsp3) is 0.333. The quantitative estimate of drug-likeness (QED) is 0.335. The fourth-order valence-corrected chi connectivity index (χ4v) is 4.06. The van der Waals surface area contributed by atoms with Crippen molar-refractivity contribution >= 4 is 33.4 Å². The Morgan fingerprint density at radius 2 is 1.72 bits per heavy atom. The van der Waals surface area contributed by atoms with Crippen molar-refractivity contribution in [2.45, 2.75) is 12.5 Å². The number of carbonyl (C=O) groups excluding carboxylic acids is 2. The Bertz CT molecular complexity index is 1030. The van der Waals surface area contributed by atoms with Crippen LogP contribution in [0.25, 0.3) is 5.76 Å². The predicted molar refractivity (Wildman–Crippen MR) is 126 cm³/mol. The number of hydrogen-bond acceptors (Lipinski definition) is 6. The molecular weight excluding hydrogens is 476 g/mol. The molecule has 0 unspecified atom stereocenters. The largest absolute Gasteiger partial charge is 0.507 e. The molecule has 0 spiro atoms. The number of likely N-dealkylation sites (tertiary alicyclic amines) is 1. The molecule has 2 aromatic carbocycles. The number of rotatable bonds is 8. The van der Waals surface area contributed by atoms with Gasteiger partial charge in [-0.05, 0) is 63.0 Å². The standard InChI is InChI=1S/C24H27BrN2O5/c1-26(2)12-5-13-27-21(15-6-9-17(25)10-7-15)20(23(29)24(27)30)22(28)16-8-11-18(31-3)19(14-16)32-4/h6-11,14,21,28H,5,12-13H2,1-4H3/b22-20+/t21-/m0/s1. The predicted octanol–water partition coefficient (Wildman–Crippen LogP) is 3.84. The molecule has 0 saturated carbocycles. The van der Waals surface area contributed by atoms with Crippen LogP contribution in [0.15, 0.2) is 52.5 Å². The van der Waals surface area contributed by atoms with Gasteiger partial charge < -0.3 is 24.4 Å². The van der Waals surface area contributed by atoms with Gasteiger partial charge in [-0.1, -0.05) is 28.1 Å². The van der Waals surface area contributed by atoms with Crippen molar-refractivity contribution in [2.24, 2.45) is 0 Å². The molecule has 1 aliphatic rings. The number of amides is 1. The Labute approximate surface area is 196 Å². The molecule has 3 rings (SSSR count). The van der Waals surface area contributed by atoms with Crippen molar-refractivity contribution in [1.29, 1.82) is 0 Å². The fourth-order valence-electron chi connectivity index (χ4n) is 3.80. The van der Waals surface area contributed by atoms with Crippen LogP contribution in [0.5, 0.6) is 11.5 Å². The molecule has 0 aliphatic carbocycles. The minimum atomic E-state index is -0.699. The third kappa shape index (κ3) is 4.81. The molecule has 1 heterocycles. The number of ether oxygens (including phenoxy) is 2. The molecule has 0 aromatic heterocycles. The SMILES string of the molecule is COc1ccc(/C(O)=C2\C(=O)C(=O)N(CCCN(C)C)[C@H]2c2ccc(Br)cc2)cc1OC. The van der Waals surface area contributed by atoms with Crippen molar-refractivity contribution in [3.8, 4) is 11.5 Å². The van der Waals surface area contributed by atoms with E-state index in [1.165, 1.54) is 14.2 Å². The molecular formula is C24H27BrN2O5. The topological polar surface area (TPSA) is 79.3 Å². The molecule has 1 aliphatic heterocycles. The van der Waals surface area contributed by atoms with Crippen molar-refractivity contribution in [1.82, 2.24) is 9.80 Å². The number of benzene rings is 2. The minimum Gasteiger partial charge on any atom is -0.507 e. The zero-order valence-corrected chi connectivity index (χ0v) is 20.2. The first-order chi connectivity index (χ1) is 15.3. The van der Waals surface area contributed by atoms with E-state index in [-0.39, 0.29) is 11.3 Å². The van der Waals surface area contributed by atoms with Crippen molar-refractivity contribution < 1.29 is 24.2 Å². The summed E-state index contributed by atoms with van der Waals surface area (Å²) >= 11 is 3.42. The Morgan fingerprint density at radius 3 is 2.31 bits per heavy atom. The van der Waals surface area contributed by atoms with E-state index in [4.69, 9.17) is 9.47 Å². The Morgan fingerprint density at radius 1 is 1.06 bits per heavy atom. The van der Waals surface area contributed by atoms with E-state index >= 15 is 0 Å². The van der Waals surface area contributed by atoms with Gasteiger partial charge >= 0.3 is 0 Å². The Kier molecular flexibility index (Phi) is 7.58. The van der Waals surface area contributed by atoms with Crippen LogP contribution in [0.4, 0.5) is 0 Å². The lowest BCUT2D eigenvalue weighted by atomic mass is 9.95. The lowest BCUT2D eigenvalue weighted by Gasteiger charge is -2.26. The summed E-state index contributed by atoms with van der Waals surface area (Å²) in [4.78, 5) is 29.6. The average molecular weight is 503 g/mol. The van der Waals surface area contributed by atoms with Crippen molar-refractivity contribution in [2.75, 3.05) is 41.4 Å². The first kappa shape index (κ1) is 23.8. The van der Waals surface area contributed by atoms with Gasteiger partial charge in [0.2, 0.25) is 0 Å². The number of halogens is 1. The second-order valence-electron chi connectivity index (χ2n) is 7.77. The molecule has 8 heteroatoms. The number of hydrogen-bond donors (Lipinski definition) is 1. The maximum atomic E-state index is 13.1. The van der Waals surface area contributed by atoms with Crippen LogP contribution in [0, 0.1) is 0 Å². The van der Waals surface area contributed by atoms with E-state index in [9.17, 15) is 14.7 Å². The van der Waals surface area contributed by atoms with Gasteiger partial charge in [-0.25, -0.2) is 0 Å². The highest BCUT2D eigenvalue weighted by Gasteiger charge is 2.45. The van der Waals surface area contributed by atoms with Crippen LogP contribution in [0.2, 0.25) is 0 Å². The highest BCUT2D eigenvalue weighted by Crippen LogP contribution is 2.41. The van der Waals surface area contributed by atoms with E-state index in [1.807, 2.05) is 43.3 Å². The van der Waals surface area contributed by atoms with Gasteiger partial charge in [-0.15, -0.1) is 0 Å². The van der Waals surface area contributed by atoms with Gasteiger partial charge in [0, 0.05) is 16.6 Å². The highest BCUT2D eigenvalue weighted by molar-refractivity contribution is 9.10. The highest BCUT2D eigenvalue weighted by atomic mass is 79.9. The molecule has 2 aromatic rings. The summed E-state index contributed by atoms with van der Waals surface area (Å²) in [6.45, 7) is 1.16. The van der Waals surface area contributed by atoms with E-state index in [1.54, 1.807) is 23.1 Å². The molecule has 0 bridgehead atoms. The van der Waals surface area contributed by atoms with Gasteiger partial charge in [0.15, 0.2) is 11.5 Å². The van der Waals surface area contributed by atoms with Crippen LogP contribution >= 0.6 is 15.9 Å². The number of methoxy groups -OCH3 is 2. The number of ketones is 1. The van der Waals surface area contributed by atoms with E-state index in [0.29, 0.717) is 30.0 Å². The maximum Gasteiger partial charge on any atom is 0.295 e. The molecule has 0 radical (unpaired) electrons. The summed E-state index contributed by atoms with van der Waals surface area (Å²) in [5.74, 6) is -0.643. The smallest absolute Gasteiger partial charge is 0.295 e. The maximum absolute atomic E-state index is 13.1. The van der Waals surface area contributed by atoms with E-state index in [2.05, 4.69) is 15.9 Å². The third-order valence-electron chi connectivity index (χ3n) is 5.39. The number of Topliss-reactive ketones (excluding diaryl/α,β-unsaturated/α-hetero) is 1. The van der Waals surface area contributed by atoms with E-state index in [0.717, 1.165) is 16.6 Å². The van der Waals surface area contributed by atoms with Gasteiger partial charge in [-0.3, -0.25) is 9.59 Å². The molecule has 170 valence electrons. The molecule has 1 amide bonds. The first-order valence-electron chi connectivity index (χ1n) is 10.2. The third-order valence-corrected chi connectivity index (χ3v) is 5.92. The summed E-state index contributed by atoms with van der Waals surface area (Å²) in [5, 5.41) is 11.2. The molecule has 1 atom stereocenters. The van der Waals surface area contributed by atoms with Crippen LogP contribution in [0.1, 0.15) is 23.6 Å². The summed E-state index contributed by atoms with van der Waals surface area (Å²) in [5.41, 5.74) is 1.18. The van der Waals surface area contributed by atoms with Crippen LogP contribution < -0.4 is 9.47 Å². The summed E-state index contributed by atoms with van der Waals surface area (Å²) in [7, 11) is 6.92. The zero-order chi connectivity index (χ0) is 23.4. The minimum absolute atomic E-state index is 0.0643. The first-order valence-corrected chi connectivity index (χ1v) is 11.0. The molecule has 1 fully saturated rings. The van der Waals surface area contributed by atoms with Crippen LogP contribution in [-0.4, -0.2) is 68.0 Å². The van der Waals surface area contributed by atoms with Gasteiger partial charge in [0.25, 0.3) is 11.7 Å². The second kappa shape index (κ2) is 10.2. The normalized spacial score (nSPS) is 17.8.